The van der Waals surface area contributed by atoms with Crippen LogP contribution >= 0.6 is 15.9 Å². The quantitative estimate of drug-likeness (QED) is 0.586. The number of benzene rings is 2. The molecule has 0 aliphatic rings. The Balaban J connectivity index is 2.16. The topological polar surface area (TPSA) is 133 Å². The highest BCUT2D eigenvalue weighted by Crippen LogP contribution is 2.20. The van der Waals surface area contributed by atoms with Gasteiger partial charge in [-0.05, 0) is 24.3 Å². The second-order valence-electron chi connectivity index (χ2n) is 5.12. The molecule has 1 amide bonds. The van der Waals surface area contributed by atoms with E-state index in [4.69, 9.17) is 0 Å². The van der Waals surface area contributed by atoms with Gasteiger partial charge >= 0.3 is 0 Å². The molecule has 2 N–H and O–H groups in total. The first kappa shape index (κ1) is 18.4. The van der Waals surface area contributed by atoms with Crippen LogP contribution in [0.25, 0.3) is 0 Å². The lowest BCUT2D eigenvalue weighted by molar-refractivity contribution is -0.741. The van der Waals surface area contributed by atoms with Crippen LogP contribution in [0.3, 0.4) is 0 Å². The van der Waals surface area contributed by atoms with E-state index in [1.807, 2.05) is 0 Å². The highest BCUT2D eigenvalue weighted by molar-refractivity contribution is 9.10. The molecule has 0 fully saturated rings. The highest BCUT2D eigenvalue weighted by Gasteiger charge is 2.09. The summed E-state index contributed by atoms with van der Waals surface area (Å²) >= 11 is 3.21. The predicted molar refractivity (Wildman–Crippen MR) is 81.4 cm³/mol. The van der Waals surface area contributed by atoms with Crippen LogP contribution in [0.15, 0.2) is 53.0 Å². The lowest BCUT2D eigenvalue weighted by atomic mass is 10.1. The maximum absolute atomic E-state index is 12.1. The van der Waals surface area contributed by atoms with Crippen LogP contribution in [0.5, 0.6) is 0 Å². The Morgan fingerprint density at radius 2 is 1.33 bits per heavy atom. The van der Waals surface area contributed by atoms with Crippen LogP contribution in [0, 0.1) is 0 Å². The summed E-state index contributed by atoms with van der Waals surface area (Å²) in [5.41, 5.74) is -0.116. The van der Waals surface area contributed by atoms with Crippen LogP contribution in [0.2, 0.25) is 0 Å². The van der Waals surface area contributed by atoms with E-state index < -0.39 is 17.7 Å². The van der Waals surface area contributed by atoms with Crippen molar-refractivity contribution in [3.05, 3.63) is 64.1 Å². The van der Waals surface area contributed by atoms with Crippen LogP contribution in [-0.4, -0.2) is 5.91 Å². The smallest absolute Gasteiger partial charge is 0.215 e. The van der Waals surface area contributed by atoms with Gasteiger partial charge in [0.1, 0.15) is 0 Å². The summed E-state index contributed by atoms with van der Waals surface area (Å²) in [6.45, 7) is 1.06. The molecule has 0 saturated carbocycles. The SMILES string of the molecule is CC(=O)NC([O-])([O-])c1ccc(NC([O-])([O-])c2ccc(Br)cc2)cc1. The summed E-state index contributed by atoms with van der Waals surface area (Å²) in [6, 6.07) is 10.7. The van der Waals surface area contributed by atoms with Gasteiger partial charge in [0.15, 0.2) is 0 Å². The predicted octanol–water partition coefficient (Wildman–Crippen LogP) is -1.64. The highest BCUT2D eigenvalue weighted by atomic mass is 79.9. The third kappa shape index (κ3) is 4.53. The van der Waals surface area contributed by atoms with Crippen LogP contribution in [0.1, 0.15) is 18.1 Å². The molecule has 0 atom stereocenters. The molecule has 0 spiro atoms. The molecule has 0 heterocycles. The zero-order chi connectivity index (χ0) is 18.0. The minimum atomic E-state index is -3.04. The fraction of sp³-hybridized carbons (Fsp3) is 0.188. The average Bonchev–Trinajstić information content (AvgIpc) is 2.46. The first-order valence-corrected chi connectivity index (χ1v) is 7.65. The molecule has 2 rings (SSSR count). The molecule has 0 unspecified atom stereocenters. The van der Waals surface area contributed by atoms with Gasteiger partial charge in [0.05, 0.1) is 0 Å². The van der Waals surface area contributed by atoms with Gasteiger partial charge in [-0.25, -0.2) is 0 Å². The van der Waals surface area contributed by atoms with E-state index in [1.54, 1.807) is 17.4 Å². The van der Waals surface area contributed by atoms with Gasteiger partial charge < -0.3 is 31.1 Å². The summed E-state index contributed by atoms with van der Waals surface area (Å²) < 4.78 is 0.728. The number of hydrogen-bond donors (Lipinski definition) is 2. The first-order valence-electron chi connectivity index (χ1n) is 6.85. The number of rotatable bonds is 5. The fourth-order valence-corrected chi connectivity index (χ4v) is 2.27. The van der Waals surface area contributed by atoms with Gasteiger partial charge in [0.2, 0.25) is 5.91 Å². The molecular weight excluding hydrogens is 380 g/mol. The molecule has 0 aliphatic heterocycles. The molecule has 0 bridgehead atoms. The molecule has 0 saturated heterocycles. The molecule has 2 aromatic carbocycles. The number of nitrogens with one attached hydrogen (secondary N) is 2. The first-order chi connectivity index (χ1) is 11.1. The zero-order valence-electron chi connectivity index (χ0n) is 12.5. The van der Waals surface area contributed by atoms with Crippen LogP contribution in [0.4, 0.5) is 5.69 Å². The normalized spacial score (nSPS) is 11.9. The van der Waals surface area contributed by atoms with Crippen molar-refractivity contribution in [3.8, 4) is 0 Å². The Bertz CT molecular complexity index is 714. The number of hydrogen-bond acceptors (Lipinski definition) is 6. The van der Waals surface area contributed by atoms with Crippen molar-refractivity contribution < 1.29 is 25.2 Å². The van der Waals surface area contributed by atoms with E-state index in [2.05, 4.69) is 21.2 Å². The van der Waals surface area contributed by atoms with Crippen molar-refractivity contribution in [2.45, 2.75) is 18.7 Å². The minimum absolute atomic E-state index is 0.0185. The lowest BCUT2D eigenvalue weighted by Crippen LogP contribution is -2.64. The molecular formula is C16H13BrN2O5-4. The van der Waals surface area contributed by atoms with Gasteiger partial charge in [0, 0.05) is 17.1 Å². The van der Waals surface area contributed by atoms with Crippen molar-refractivity contribution in [2.24, 2.45) is 0 Å². The minimum Gasteiger partial charge on any atom is -0.844 e. The molecule has 7 nitrogen and oxygen atoms in total. The van der Waals surface area contributed by atoms with Crippen LogP contribution in [-0.2, 0) is 16.6 Å². The van der Waals surface area contributed by atoms with Crippen LogP contribution < -0.4 is 31.1 Å². The number of anilines is 1. The third-order valence-electron chi connectivity index (χ3n) is 3.14. The van der Waals surface area contributed by atoms with Gasteiger partial charge in [-0.2, -0.15) is 0 Å². The Kier molecular flexibility index (Phi) is 5.26. The number of halogens is 1. The third-order valence-corrected chi connectivity index (χ3v) is 3.67. The molecule has 0 aromatic heterocycles. The largest absolute Gasteiger partial charge is 0.844 e. The summed E-state index contributed by atoms with van der Waals surface area (Å²) in [4.78, 5) is 10.9. The Morgan fingerprint density at radius 1 is 0.875 bits per heavy atom. The number of carbonyl (C=O) groups excluding carboxylic acids is 1. The zero-order valence-corrected chi connectivity index (χ0v) is 14.1. The molecule has 8 heteroatoms. The summed E-state index contributed by atoms with van der Waals surface area (Å²) in [5, 5.41) is 51.7. The standard InChI is InChI=1S/C16H13BrN2O5/c1-10(20)18-15(21,22)12-4-8-14(9-5-12)19-16(23,24)11-2-6-13(17)7-3-11/h2-9,19H,1H3,(H,18,20)/q-4. The molecule has 2 aromatic rings. The lowest BCUT2D eigenvalue weighted by Gasteiger charge is -2.51. The summed E-state index contributed by atoms with van der Waals surface area (Å²) in [6.07, 6.45) is 0. The Morgan fingerprint density at radius 3 is 1.83 bits per heavy atom. The second kappa shape index (κ2) is 6.88. The van der Waals surface area contributed by atoms with E-state index in [-0.39, 0.29) is 16.8 Å². The van der Waals surface area contributed by atoms with Crippen molar-refractivity contribution in [1.29, 1.82) is 0 Å². The monoisotopic (exact) mass is 392 g/mol. The van der Waals surface area contributed by atoms with Gasteiger partial charge in [-0.3, -0.25) is 4.79 Å². The van der Waals surface area contributed by atoms with Crippen molar-refractivity contribution in [2.75, 3.05) is 5.32 Å². The van der Waals surface area contributed by atoms with Gasteiger partial charge in [-0.15, -0.1) is 5.91 Å². The van der Waals surface area contributed by atoms with E-state index in [9.17, 15) is 25.2 Å². The Labute approximate surface area is 146 Å². The van der Waals surface area contributed by atoms with Crippen molar-refractivity contribution >= 4 is 27.5 Å². The molecule has 24 heavy (non-hydrogen) atoms. The average molecular weight is 393 g/mol. The maximum Gasteiger partial charge on any atom is 0.215 e. The number of carbonyl (C=O) groups is 1. The van der Waals surface area contributed by atoms with Gasteiger partial charge in [0.25, 0.3) is 0 Å². The van der Waals surface area contributed by atoms with Crippen molar-refractivity contribution in [3.63, 3.8) is 0 Å². The van der Waals surface area contributed by atoms with Gasteiger partial charge in [-0.1, -0.05) is 57.2 Å². The number of amides is 1. The second-order valence-corrected chi connectivity index (χ2v) is 6.04. The molecule has 0 radical (unpaired) electrons. The van der Waals surface area contributed by atoms with E-state index in [0.717, 1.165) is 23.5 Å². The molecule has 128 valence electrons. The van der Waals surface area contributed by atoms with E-state index >= 15 is 0 Å². The fourth-order valence-electron chi connectivity index (χ4n) is 2.01. The van der Waals surface area contributed by atoms with Crippen molar-refractivity contribution in [1.82, 2.24) is 5.32 Å². The van der Waals surface area contributed by atoms with E-state index in [0.29, 0.717) is 0 Å². The van der Waals surface area contributed by atoms with E-state index in [1.165, 1.54) is 24.3 Å². The summed E-state index contributed by atoms with van der Waals surface area (Å²) in [7, 11) is 0. The maximum atomic E-state index is 12.1. The Hall–Kier alpha value is -1.97. The molecule has 0 aliphatic carbocycles. The summed E-state index contributed by atoms with van der Waals surface area (Å²) in [5.74, 6) is -6.64.